The Kier molecular flexibility index (Phi) is 5.46. The van der Waals surface area contributed by atoms with Crippen molar-refractivity contribution in [3.05, 3.63) is 51.0 Å². The van der Waals surface area contributed by atoms with Crippen LogP contribution in [0.15, 0.2) is 24.3 Å². The standard InChI is InChI=1S/C21H26N4O2S/c1-13-14(2)28-20(24-13)12-23-19(26)11-18-21(27)22-7-8-25(18)17-9-15-5-3-4-6-16(15)10-17/h3-6,17-18H,7-12H2,1-2H3,(H,22,27)(H,23,26). The maximum absolute atomic E-state index is 12.6. The quantitative estimate of drug-likeness (QED) is 0.805. The average Bonchev–Trinajstić information content (AvgIpc) is 3.24. The number of rotatable bonds is 5. The van der Waals surface area contributed by atoms with Gasteiger partial charge in [-0.05, 0) is 37.8 Å². The minimum Gasteiger partial charge on any atom is -0.353 e. The molecule has 148 valence electrons. The summed E-state index contributed by atoms with van der Waals surface area (Å²) in [5, 5.41) is 6.77. The lowest BCUT2D eigenvalue weighted by Crippen LogP contribution is -2.59. The van der Waals surface area contributed by atoms with E-state index in [4.69, 9.17) is 0 Å². The number of fused-ring (bicyclic) bond motifs is 1. The molecule has 1 aromatic heterocycles. The number of benzene rings is 1. The third-order valence-corrected chi connectivity index (χ3v) is 6.83. The molecule has 4 rings (SSSR count). The molecule has 0 saturated carbocycles. The first-order chi connectivity index (χ1) is 13.5. The molecule has 1 saturated heterocycles. The fourth-order valence-corrected chi connectivity index (χ4v) is 5.06. The summed E-state index contributed by atoms with van der Waals surface area (Å²) in [7, 11) is 0. The molecule has 0 spiro atoms. The molecule has 2 aliphatic rings. The Morgan fingerprint density at radius 1 is 1.29 bits per heavy atom. The van der Waals surface area contributed by atoms with E-state index in [1.165, 1.54) is 16.0 Å². The Hall–Kier alpha value is -2.25. The van der Waals surface area contributed by atoms with Crippen LogP contribution >= 0.6 is 11.3 Å². The highest BCUT2D eigenvalue weighted by Gasteiger charge is 2.38. The highest BCUT2D eigenvalue weighted by molar-refractivity contribution is 7.11. The van der Waals surface area contributed by atoms with Gasteiger partial charge in [-0.15, -0.1) is 11.3 Å². The van der Waals surface area contributed by atoms with Crippen LogP contribution in [0.2, 0.25) is 0 Å². The van der Waals surface area contributed by atoms with Gasteiger partial charge in [-0.25, -0.2) is 4.98 Å². The van der Waals surface area contributed by atoms with Gasteiger partial charge in [0.05, 0.1) is 24.7 Å². The van der Waals surface area contributed by atoms with Gasteiger partial charge in [0.15, 0.2) is 0 Å². The van der Waals surface area contributed by atoms with E-state index in [9.17, 15) is 9.59 Å². The van der Waals surface area contributed by atoms with Crippen molar-refractivity contribution in [2.45, 2.75) is 51.7 Å². The fraction of sp³-hybridized carbons (Fsp3) is 0.476. The zero-order chi connectivity index (χ0) is 19.7. The molecule has 1 aliphatic carbocycles. The monoisotopic (exact) mass is 398 g/mol. The van der Waals surface area contributed by atoms with E-state index < -0.39 is 6.04 Å². The minimum absolute atomic E-state index is 0.0432. The lowest BCUT2D eigenvalue weighted by molar-refractivity contribution is -0.135. The van der Waals surface area contributed by atoms with Crippen LogP contribution in [0.25, 0.3) is 0 Å². The second-order valence-electron chi connectivity index (χ2n) is 7.61. The Labute approximate surface area is 169 Å². The van der Waals surface area contributed by atoms with Gasteiger partial charge in [0.2, 0.25) is 11.8 Å². The number of aromatic nitrogens is 1. The van der Waals surface area contributed by atoms with Crippen molar-refractivity contribution in [2.75, 3.05) is 13.1 Å². The first kappa shape index (κ1) is 19.1. The van der Waals surface area contributed by atoms with E-state index >= 15 is 0 Å². The van der Waals surface area contributed by atoms with E-state index in [2.05, 4.69) is 44.8 Å². The molecule has 0 radical (unpaired) electrons. The van der Waals surface area contributed by atoms with Crippen LogP contribution in [-0.4, -0.2) is 46.9 Å². The zero-order valence-electron chi connectivity index (χ0n) is 16.3. The van der Waals surface area contributed by atoms with Gasteiger partial charge in [-0.3, -0.25) is 14.5 Å². The van der Waals surface area contributed by atoms with Crippen LogP contribution in [0.5, 0.6) is 0 Å². The van der Waals surface area contributed by atoms with Gasteiger partial charge >= 0.3 is 0 Å². The number of aryl methyl sites for hydroxylation is 2. The van der Waals surface area contributed by atoms with Gasteiger partial charge in [-0.1, -0.05) is 24.3 Å². The van der Waals surface area contributed by atoms with Gasteiger partial charge in [0.1, 0.15) is 5.01 Å². The molecule has 1 unspecified atom stereocenters. The molecule has 2 aromatic rings. The summed E-state index contributed by atoms with van der Waals surface area (Å²) in [5.74, 6) is -0.147. The topological polar surface area (TPSA) is 74.3 Å². The SMILES string of the molecule is Cc1nc(CNC(=O)CC2C(=O)NCCN2C2Cc3ccccc3C2)sc1C. The lowest BCUT2D eigenvalue weighted by atomic mass is 10.0. The van der Waals surface area contributed by atoms with E-state index in [1.54, 1.807) is 11.3 Å². The zero-order valence-corrected chi connectivity index (χ0v) is 17.1. The van der Waals surface area contributed by atoms with Crippen molar-refractivity contribution in [1.82, 2.24) is 20.5 Å². The number of piperazine rings is 1. The maximum Gasteiger partial charge on any atom is 0.237 e. The number of thiazole rings is 1. The second kappa shape index (κ2) is 8.01. The molecular weight excluding hydrogens is 372 g/mol. The highest BCUT2D eigenvalue weighted by atomic mass is 32.1. The first-order valence-electron chi connectivity index (χ1n) is 9.81. The summed E-state index contributed by atoms with van der Waals surface area (Å²) in [5.41, 5.74) is 3.72. The molecule has 2 heterocycles. The van der Waals surface area contributed by atoms with Crippen LogP contribution in [-0.2, 0) is 29.0 Å². The number of nitrogens with one attached hydrogen (secondary N) is 2. The largest absolute Gasteiger partial charge is 0.353 e. The highest BCUT2D eigenvalue weighted by Crippen LogP contribution is 2.28. The van der Waals surface area contributed by atoms with Crippen molar-refractivity contribution in [3.63, 3.8) is 0 Å². The van der Waals surface area contributed by atoms with Crippen LogP contribution < -0.4 is 10.6 Å². The molecule has 1 aliphatic heterocycles. The van der Waals surface area contributed by atoms with Crippen molar-refractivity contribution in [2.24, 2.45) is 0 Å². The number of hydrogen-bond acceptors (Lipinski definition) is 5. The predicted molar refractivity (Wildman–Crippen MR) is 109 cm³/mol. The molecule has 1 fully saturated rings. The van der Waals surface area contributed by atoms with Gasteiger partial charge in [0.25, 0.3) is 0 Å². The molecule has 1 aromatic carbocycles. The third kappa shape index (κ3) is 3.95. The van der Waals surface area contributed by atoms with Crippen LogP contribution in [0.4, 0.5) is 0 Å². The Morgan fingerprint density at radius 3 is 2.64 bits per heavy atom. The molecule has 0 bridgehead atoms. The normalized spacial score (nSPS) is 20.1. The summed E-state index contributed by atoms with van der Waals surface area (Å²) in [6, 6.07) is 8.34. The molecule has 7 heteroatoms. The summed E-state index contributed by atoms with van der Waals surface area (Å²) in [6.07, 6.45) is 2.07. The van der Waals surface area contributed by atoms with Crippen LogP contribution in [0.3, 0.4) is 0 Å². The number of amides is 2. The third-order valence-electron chi connectivity index (χ3n) is 5.76. The molecule has 2 amide bonds. The van der Waals surface area contributed by atoms with Crippen LogP contribution in [0, 0.1) is 13.8 Å². The number of carbonyl (C=O) groups is 2. The van der Waals surface area contributed by atoms with E-state index in [0.29, 0.717) is 13.1 Å². The summed E-state index contributed by atoms with van der Waals surface area (Å²) in [6.45, 7) is 5.85. The van der Waals surface area contributed by atoms with E-state index in [0.717, 1.165) is 30.1 Å². The van der Waals surface area contributed by atoms with Crippen molar-refractivity contribution < 1.29 is 9.59 Å². The summed E-state index contributed by atoms with van der Waals surface area (Å²) in [4.78, 5) is 33.0. The van der Waals surface area contributed by atoms with Gasteiger partial charge in [-0.2, -0.15) is 0 Å². The second-order valence-corrected chi connectivity index (χ2v) is 8.89. The number of hydrogen-bond donors (Lipinski definition) is 2. The lowest BCUT2D eigenvalue weighted by Gasteiger charge is -2.38. The van der Waals surface area contributed by atoms with Crippen molar-refractivity contribution >= 4 is 23.2 Å². The van der Waals surface area contributed by atoms with E-state index in [-0.39, 0.29) is 24.3 Å². The Morgan fingerprint density at radius 2 is 2.00 bits per heavy atom. The van der Waals surface area contributed by atoms with Crippen molar-refractivity contribution in [1.29, 1.82) is 0 Å². The molecular formula is C21H26N4O2S. The number of carbonyl (C=O) groups excluding carboxylic acids is 2. The van der Waals surface area contributed by atoms with Crippen molar-refractivity contribution in [3.8, 4) is 0 Å². The maximum atomic E-state index is 12.6. The first-order valence-corrected chi connectivity index (χ1v) is 10.6. The van der Waals surface area contributed by atoms with Gasteiger partial charge in [0, 0.05) is 24.0 Å². The average molecular weight is 399 g/mol. The fourth-order valence-electron chi connectivity index (χ4n) is 4.19. The van der Waals surface area contributed by atoms with Gasteiger partial charge < -0.3 is 10.6 Å². The molecule has 2 N–H and O–H groups in total. The molecule has 6 nitrogen and oxygen atoms in total. The van der Waals surface area contributed by atoms with Crippen LogP contribution in [0.1, 0.15) is 33.1 Å². The van der Waals surface area contributed by atoms with E-state index in [1.807, 2.05) is 13.8 Å². The summed E-state index contributed by atoms with van der Waals surface area (Å²) < 4.78 is 0. The smallest absolute Gasteiger partial charge is 0.237 e. The molecule has 28 heavy (non-hydrogen) atoms. The Bertz CT molecular complexity index is 850. The summed E-state index contributed by atoms with van der Waals surface area (Å²) >= 11 is 1.60. The Balaban J connectivity index is 1.39. The minimum atomic E-state index is -0.409. The predicted octanol–water partition coefficient (Wildman–Crippen LogP) is 1.73. The number of nitrogens with zero attached hydrogens (tertiary/aromatic N) is 2. The molecule has 1 atom stereocenters.